The fourth-order valence-corrected chi connectivity index (χ4v) is 6.24. The number of fused-ring (bicyclic) bond motifs is 3. The van der Waals surface area contributed by atoms with Crippen molar-refractivity contribution >= 4 is 18.0 Å². The van der Waals surface area contributed by atoms with E-state index in [0.717, 1.165) is 27.8 Å². The number of carbonyl (C=O) groups is 3. The smallest absolute Gasteiger partial charge is 0.407 e. The number of carboxylic acids is 1. The molecule has 8 heteroatoms. The van der Waals surface area contributed by atoms with E-state index in [9.17, 15) is 19.5 Å². The first kappa shape index (κ1) is 28.4. The number of likely N-dealkylation sites (tertiary alicyclic amines) is 1. The monoisotopic (exact) mass is 555 g/mol. The van der Waals surface area contributed by atoms with Crippen LogP contribution in [-0.2, 0) is 20.9 Å². The lowest BCUT2D eigenvalue weighted by atomic mass is 9.85. The summed E-state index contributed by atoms with van der Waals surface area (Å²) in [7, 11) is 1.87. The Morgan fingerprint density at radius 3 is 2.17 bits per heavy atom. The highest BCUT2D eigenvalue weighted by Crippen LogP contribution is 2.44. The first-order valence-electron chi connectivity index (χ1n) is 14.0. The number of nitrogens with one attached hydrogen (secondary N) is 1. The van der Waals surface area contributed by atoms with Crippen molar-refractivity contribution in [1.29, 1.82) is 0 Å². The number of benzene rings is 3. The summed E-state index contributed by atoms with van der Waals surface area (Å²) in [5.74, 6) is -1.58. The third-order valence-electron chi connectivity index (χ3n) is 8.29. The highest BCUT2D eigenvalue weighted by atomic mass is 16.5. The van der Waals surface area contributed by atoms with Gasteiger partial charge in [-0.05, 0) is 46.7 Å². The molecule has 1 aliphatic carbocycles. The zero-order valence-electron chi connectivity index (χ0n) is 23.7. The summed E-state index contributed by atoms with van der Waals surface area (Å²) in [5, 5.41) is 12.7. The number of amides is 2. The Hall–Kier alpha value is -4.17. The molecule has 1 saturated heterocycles. The Labute approximate surface area is 240 Å². The van der Waals surface area contributed by atoms with E-state index in [2.05, 4.69) is 17.4 Å². The lowest BCUT2D eigenvalue weighted by molar-refractivity contribution is -0.152. The van der Waals surface area contributed by atoms with Crippen molar-refractivity contribution in [2.75, 3.05) is 26.7 Å². The third-order valence-corrected chi connectivity index (χ3v) is 8.29. The molecule has 2 atom stereocenters. The Balaban J connectivity index is 1.32. The van der Waals surface area contributed by atoms with Gasteiger partial charge in [0.2, 0.25) is 5.91 Å². The highest BCUT2D eigenvalue weighted by molar-refractivity contribution is 5.90. The van der Waals surface area contributed by atoms with Gasteiger partial charge in [-0.2, -0.15) is 0 Å². The van der Waals surface area contributed by atoms with E-state index in [-0.39, 0.29) is 19.1 Å². The molecule has 2 amide bonds. The molecular formula is C33H37N3O5. The summed E-state index contributed by atoms with van der Waals surface area (Å²) in [6, 6.07) is 24.1. The fourth-order valence-electron chi connectivity index (χ4n) is 6.24. The number of likely N-dealkylation sites (N-methyl/N-ethyl adjacent to an activating group) is 1. The van der Waals surface area contributed by atoms with Crippen molar-refractivity contribution < 1.29 is 24.2 Å². The van der Waals surface area contributed by atoms with Crippen LogP contribution >= 0.6 is 0 Å². The number of carboxylic acid groups (broad SMARTS) is 1. The van der Waals surface area contributed by atoms with Crippen LogP contribution in [0.25, 0.3) is 11.1 Å². The SMILES string of the molecule is CN(Cc1ccccc1)CC(NC(=O)OCC1c2ccccc2-c2ccccc21)C(=O)N1CCC(C)(C)C1C(=O)O. The van der Waals surface area contributed by atoms with Gasteiger partial charge in [-0.15, -0.1) is 0 Å². The first-order valence-corrected chi connectivity index (χ1v) is 14.0. The first-order chi connectivity index (χ1) is 19.7. The highest BCUT2D eigenvalue weighted by Gasteiger charge is 2.48. The minimum absolute atomic E-state index is 0.112. The summed E-state index contributed by atoms with van der Waals surface area (Å²) in [6.45, 7) is 4.90. The molecule has 1 aliphatic heterocycles. The molecule has 0 aromatic heterocycles. The van der Waals surface area contributed by atoms with Gasteiger partial charge < -0.3 is 20.1 Å². The number of aliphatic carboxylic acids is 1. The van der Waals surface area contributed by atoms with Gasteiger partial charge >= 0.3 is 12.1 Å². The molecule has 3 aromatic rings. The maximum Gasteiger partial charge on any atom is 0.407 e. The van der Waals surface area contributed by atoms with Crippen molar-refractivity contribution in [3.63, 3.8) is 0 Å². The predicted octanol–water partition coefficient (Wildman–Crippen LogP) is 4.74. The molecule has 0 bridgehead atoms. The van der Waals surface area contributed by atoms with Gasteiger partial charge in [-0.3, -0.25) is 9.69 Å². The summed E-state index contributed by atoms with van der Waals surface area (Å²) >= 11 is 0. The number of hydrogen-bond donors (Lipinski definition) is 2. The van der Waals surface area contributed by atoms with Crippen LogP contribution in [-0.4, -0.2) is 71.7 Å². The summed E-state index contributed by atoms with van der Waals surface area (Å²) in [4.78, 5) is 42.5. The van der Waals surface area contributed by atoms with Crippen molar-refractivity contribution in [1.82, 2.24) is 15.1 Å². The fraction of sp³-hybridized carbons (Fsp3) is 0.364. The predicted molar refractivity (Wildman–Crippen MR) is 156 cm³/mol. The molecule has 8 nitrogen and oxygen atoms in total. The van der Waals surface area contributed by atoms with Gasteiger partial charge in [0.1, 0.15) is 18.7 Å². The minimum atomic E-state index is -1.04. The Kier molecular flexibility index (Phi) is 8.13. The van der Waals surface area contributed by atoms with Crippen LogP contribution in [0.2, 0.25) is 0 Å². The van der Waals surface area contributed by atoms with Crippen LogP contribution in [0, 0.1) is 5.41 Å². The van der Waals surface area contributed by atoms with Crippen molar-refractivity contribution in [2.45, 2.75) is 44.8 Å². The lowest BCUT2D eigenvalue weighted by Gasteiger charge is -2.33. The normalized spacial score (nSPS) is 18.0. The summed E-state index contributed by atoms with van der Waals surface area (Å²) < 4.78 is 5.74. The zero-order chi connectivity index (χ0) is 29.1. The van der Waals surface area contributed by atoms with Crippen LogP contribution in [0.3, 0.4) is 0 Å². The third kappa shape index (κ3) is 5.98. The van der Waals surface area contributed by atoms with Crippen molar-refractivity contribution in [3.8, 4) is 11.1 Å². The van der Waals surface area contributed by atoms with Gasteiger partial charge in [0.15, 0.2) is 0 Å². The van der Waals surface area contributed by atoms with Crippen LogP contribution in [0.4, 0.5) is 4.79 Å². The van der Waals surface area contributed by atoms with E-state index in [1.807, 2.05) is 92.5 Å². The van der Waals surface area contributed by atoms with Crippen LogP contribution in [0.1, 0.15) is 42.9 Å². The average Bonchev–Trinajstić information content (AvgIpc) is 3.45. The molecule has 1 fully saturated rings. The van der Waals surface area contributed by atoms with E-state index >= 15 is 0 Å². The number of nitrogens with zero attached hydrogens (tertiary/aromatic N) is 2. The van der Waals surface area contributed by atoms with E-state index in [1.54, 1.807) is 0 Å². The number of hydrogen-bond acceptors (Lipinski definition) is 5. The number of ether oxygens (including phenoxy) is 1. The molecule has 41 heavy (non-hydrogen) atoms. The molecule has 0 spiro atoms. The van der Waals surface area contributed by atoms with Crippen molar-refractivity contribution in [2.24, 2.45) is 5.41 Å². The zero-order valence-corrected chi connectivity index (χ0v) is 23.7. The lowest BCUT2D eigenvalue weighted by Crippen LogP contribution is -2.56. The van der Waals surface area contributed by atoms with E-state index in [4.69, 9.17) is 4.74 Å². The molecule has 3 aromatic carbocycles. The summed E-state index contributed by atoms with van der Waals surface area (Å²) in [5.41, 5.74) is 4.94. The number of rotatable bonds is 9. The van der Waals surface area contributed by atoms with E-state index < -0.39 is 35.5 Å². The molecule has 2 aliphatic rings. The molecule has 0 radical (unpaired) electrons. The molecule has 214 valence electrons. The summed E-state index contributed by atoms with van der Waals surface area (Å²) in [6.07, 6.45) is -0.142. The average molecular weight is 556 g/mol. The van der Waals surface area contributed by atoms with Gasteiger partial charge in [0.25, 0.3) is 0 Å². The molecular weight excluding hydrogens is 518 g/mol. The largest absolute Gasteiger partial charge is 0.480 e. The maximum atomic E-state index is 13.8. The second-order valence-corrected chi connectivity index (χ2v) is 11.7. The Morgan fingerprint density at radius 1 is 0.976 bits per heavy atom. The standard InChI is InChI=1S/C33H37N3O5/c1-33(2)17-18-36(29(33)31(38)39)30(37)28(20-35(3)19-22-11-5-4-6-12-22)34-32(40)41-21-27-25-15-9-7-13-23(25)24-14-8-10-16-26(24)27/h4-16,27-29H,17-21H2,1-3H3,(H,34,40)(H,38,39). The molecule has 0 saturated carbocycles. The van der Waals surface area contributed by atoms with Crippen molar-refractivity contribution in [3.05, 3.63) is 95.6 Å². The topological polar surface area (TPSA) is 99.2 Å². The van der Waals surface area contributed by atoms with Gasteiger partial charge in [0.05, 0.1) is 0 Å². The van der Waals surface area contributed by atoms with E-state index in [0.29, 0.717) is 19.5 Å². The van der Waals surface area contributed by atoms with E-state index in [1.165, 1.54) is 4.90 Å². The molecule has 2 unspecified atom stereocenters. The molecule has 5 rings (SSSR count). The quantitative estimate of drug-likeness (QED) is 0.396. The number of carbonyl (C=O) groups excluding carboxylic acids is 2. The van der Waals surface area contributed by atoms with Crippen LogP contribution < -0.4 is 5.32 Å². The molecule has 2 N–H and O–H groups in total. The van der Waals surface area contributed by atoms with Gasteiger partial charge in [0, 0.05) is 25.6 Å². The second kappa shape index (κ2) is 11.7. The van der Waals surface area contributed by atoms with Gasteiger partial charge in [-0.1, -0.05) is 92.7 Å². The van der Waals surface area contributed by atoms with Crippen LogP contribution in [0.5, 0.6) is 0 Å². The minimum Gasteiger partial charge on any atom is -0.480 e. The van der Waals surface area contributed by atoms with Gasteiger partial charge in [-0.25, -0.2) is 9.59 Å². The molecule has 1 heterocycles. The Morgan fingerprint density at radius 2 is 1.56 bits per heavy atom. The number of alkyl carbamates (subject to hydrolysis) is 1. The second-order valence-electron chi connectivity index (χ2n) is 11.7. The van der Waals surface area contributed by atoms with Crippen LogP contribution in [0.15, 0.2) is 78.9 Å². The Bertz CT molecular complexity index is 1380. The maximum absolute atomic E-state index is 13.8.